The van der Waals surface area contributed by atoms with Gasteiger partial charge in [0.25, 0.3) is 11.8 Å². The molecule has 19 heteroatoms. The van der Waals surface area contributed by atoms with Crippen LogP contribution in [0.5, 0.6) is 5.75 Å². The van der Waals surface area contributed by atoms with Crippen molar-refractivity contribution in [3.63, 3.8) is 0 Å². The molecule has 0 aliphatic carbocycles. The summed E-state index contributed by atoms with van der Waals surface area (Å²) in [5, 5.41) is 4.40. The van der Waals surface area contributed by atoms with E-state index in [9.17, 15) is 35.9 Å². The molecular weight excluding hydrogens is 855 g/mol. The van der Waals surface area contributed by atoms with Crippen molar-refractivity contribution in [3.05, 3.63) is 100 Å². The van der Waals surface area contributed by atoms with Gasteiger partial charge in [-0.15, -0.1) is 0 Å². The molecule has 4 aliphatic heterocycles. The summed E-state index contributed by atoms with van der Waals surface area (Å²) in [6, 6.07) is 13.0. The lowest BCUT2D eigenvalue weighted by atomic mass is 9.81. The van der Waals surface area contributed by atoms with Crippen LogP contribution in [0.3, 0.4) is 0 Å². The lowest BCUT2D eigenvalue weighted by Gasteiger charge is -2.50. The smallest absolute Gasteiger partial charge is 0.431 e. The number of hydrogen-bond acceptors (Lipinski definition) is 8. The predicted octanol–water partition coefficient (Wildman–Crippen LogP) is 7.24. The van der Waals surface area contributed by atoms with Crippen LogP contribution < -0.4 is 9.64 Å². The summed E-state index contributed by atoms with van der Waals surface area (Å²) in [6.45, 7) is 8.43. The summed E-state index contributed by atoms with van der Waals surface area (Å²) in [4.78, 5) is 40.8. The SMILES string of the molecule is CCN(C)c1ccnc2c(C(=O)N3CCC4(CC3)c3ccc(C(F)(F)F)n3CCN4C)cnn12.CCc1ccc(C(=O)N2CCC3(CC2)c2ccc(C(F)(F)F)n2CCN3C)cc1OC. The molecule has 2 saturated heterocycles. The summed E-state index contributed by atoms with van der Waals surface area (Å²) in [7, 11) is 7.47. The average molecular weight is 911 g/mol. The molecule has 0 N–H and O–H groups in total. The maximum Gasteiger partial charge on any atom is 0.431 e. The number of nitrogens with zero attached hydrogens (tertiary/aromatic N) is 10. The molecular formula is C46H56F6N10O3. The second-order valence-electron chi connectivity index (χ2n) is 17.5. The molecule has 8 heterocycles. The number of fused-ring (bicyclic) bond motifs is 5. The van der Waals surface area contributed by atoms with Crippen LogP contribution in [0.15, 0.2) is 60.9 Å². The van der Waals surface area contributed by atoms with Crippen molar-refractivity contribution in [2.45, 2.75) is 82.5 Å². The molecule has 9 rings (SSSR count). The Morgan fingerprint density at radius 3 is 1.72 bits per heavy atom. The van der Waals surface area contributed by atoms with E-state index in [4.69, 9.17) is 4.74 Å². The fourth-order valence-electron chi connectivity index (χ4n) is 10.5. The van der Waals surface area contributed by atoms with Gasteiger partial charge in [0, 0.05) is 89.1 Å². The molecule has 0 radical (unpaired) electrons. The number of anilines is 1. The zero-order chi connectivity index (χ0) is 46.6. The minimum Gasteiger partial charge on any atom is -0.496 e. The standard InChI is InChI=1S/C23H28F3N7O.C23H28F3N3O2/c1-4-29(2)19-7-10-27-20-16(15-28-33(19)20)21(34)31-11-8-22(9-12-31)17-5-6-18(23(24,25)26)32(17)14-13-30(22)3;1-4-16-5-6-17(15-18(16)31-3)21(30)28-11-9-22(10-12-28)19-7-8-20(23(24,25)26)29(19)14-13-27(22)2/h5-7,10,15H,4,8-9,11-14H2,1-3H3;5-8,15H,4,9-14H2,1-3H3. The van der Waals surface area contributed by atoms with E-state index in [0.29, 0.717) is 112 Å². The van der Waals surface area contributed by atoms with E-state index in [1.165, 1.54) is 21.3 Å². The second-order valence-corrected chi connectivity index (χ2v) is 17.5. The van der Waals surface area contributed by atoms with E-state index in [-0.39, 0.29) is 11.8 Å². The van der Waals surface area contributed by atoms with Gasteiger partial charge in [0.05, 0.1) is 24.4 Å². The Hall–Kier alpha value is -5.56. The van der Waals surface area contributed by atoms with Crippen molar-refractivity contribution in [2.75, 3.05) is 79.0 Å². The van der Waals surface area contributed by atoms with Gasteiger partial charge in [-0.1, -0.05) is 13.0 Å². The third kappa shape index (κ3) is 8.01. The number of benzene rings is 1. The maximum atomic E-state index is 13.5. The van der Waals surface area contributed by atoms with Crippen molar-refractivity contribution in [2.24, 2.45) is 0 Å². The lowest BCUT2D eigenvalue weighted by molar-refractivity contribution is -0.145. The van der Waals surface area contributed by atoms with Crippen molar-refractivity contribution in [1.29, 1.82) is 0 Å². The third-order valence-electron chi connectivity index (χ3n) is 14.4. The van der Waals surface area contributed by atoms with E-state index in [1.807, 2.05) is 58.1 Å². The summed E-state index contributed by atoms with van der Waals surface area (Å²) in [5.74, 6) is 1.32. The Kier molecular flexibility index (Phi) is 12.3. The van der Waals surface area contributed by atoms with E-state index in [0.717, 1.165) is 24.3 Å². The van der Waals surface area contributed by atoms with Crippen LogP contribution in [0.1, 0.15) is 88.6 Å². The van der Waals surface area contributed by atoms with Gasteiger partial charge < -0.3 is 28.6 Å². The highest BCUT2D eigenvalue weighted by molar-refractivity contribution is 6.00. The number of aromatic nitrogens is 5. The summed E-state index contributed by atoms with van der Waals surface area (Å²) in [6.07, 6.45) is -2.39. The highest BCUT2D eigenvalue weighted by Crippen LogP contribution is 2.46. The number of carbonyl (C=O) groups excluding carboxylic acids is 2. The van der Waals surface area contributed by atoms with Gasteiger partial charge in [-0.05, 0) is 101 Å². The Balaban J connectivity index is 0.000000178. The maximum absolute atomic E-state index is 13.5. The van der Waals surface area contributed by atoms with Crippen LogP contribution in [-0.2, 0) is 42.9 Å². The molecule has 4 aliphatic rings. The summed E-state index contributed by atoms with van der Waals surface area (Å²) in [5.41, 5.74) is 1.75. The van der Waals surface area contributed by atoms with Crippen molar-refractivity contribution < 1.29 is 40.7 Å². The van der Waals surface area contributed by atoms with Gasteiger partial charge in [0.2, 0.25) is 0 Å². The van der Waals surface area contributed by atoms with Crippen LogP contribution in [0.25, 0.3) is 5.65 Å². The number of halogens is 6. The molecule has 5 aromatic rings. The molecule has 0 bridgehead atoms. The monoisotopic (exact) mass is 910 g/mol. The van der Waals surface area contributed by atoms with Crippen LogP contribution in [-0.4, -0.2) is 129 Å². The summed E-state index contributed by atoms with van der Waals surface area (Å²) >= 11 is 0. The minimum atomic E-state index is -4.38. The first-order valence-corrected chi connectivity index (χ1v) is 22.1. The number of methoxy groups -OCH3 is 1. The van der Waals surface area contributed by atoms with Crippen LogP contribution in [0, 0.1) is 0 Å². The Labute approximate surface area is 374 Å². The van der Waals surface area contributed by atoms with Crippen molar-refractivity contribution in [3.8, 4) is 5.75 Å². The molecule has 2 spiro atoms. The van der Waals surface area contributed by atoms with Gasteiger partial charge >= 0.3 is 12.4 Å². The second kappa shape index (κ2) is 17.3. The first-order valence-electron chi connectivity index (χ1n) is 22.1. The predicted molar refractivity (Wildman–Crippen MR) is 232 cm³/mol. The van der Waals surface area contributed by atoms with E-state index in [1.54, 1.807) is 52.0 Å². The minimum absolute atomic E-state index is 0.0689. The lowest BCUT2D eigenvalue weighted by Crippen LogP contribution is -2.56. The fraction of sp³-hybridized carbons (Fsp3) is 0.522. The van der Waals surface area contributed by atoms with Crippen LogP contribution in [0.2, 0.25) is 0 Å². The van der Waals surface area contributed by atoms with Gasteiger partial charge in [0.1, 0.15) is 28.5 Å². The molecule has 0 unspecified atom stereocenters. The first kappa shape index (κ1) is 46.0. The largest absolute Gasteiger partial charge is 0.496 e. The van der Waals surface area contributed by atoms with Crippen LogP contribution >= 0.6 is 0 Å². The molecule has 0 saturated carbocycles. The number of likely N-dealkylation sites (tertiary alicyclic amines) is 2. The van der Waals surface area contributed by atoms with E-state index >= 15 is 0 Å². The number of alkyl halides is 6. The van der Waals surface area contributed by atoms with Crippen LogP contribution in [0.4, 0.5) is 32.2 Å². The number of rotatable bonds is 6. The molecule has 13 nitrogen and oxygen atoms in total. The van der Waals surface area contributed by atoms with E-state index in [2.05, 4.69) is 19.9 Å². The molecule has 2 amide bonds. The molecule has 65 heavy (non-hydrogen) atoms. The Bertz CT molecular complexity index is 2550. The zero-order valence-electron chi connectivity index (χ0n) is 37.6. The Morgan fingerprint density at radius 2 is 1.25 bits per heavy atom. The van der Waals surface area contributed by atoms with Gasteiger partial charge in [-0.3, -0.25) is 19.4 Å². The normalized spacial score (nSPS) is 18.6. The Morgan fingerprint density at radius 1 is 0.723 bits per heavy atom. The number of aryl methyl sites for hydroxylation is 1. The zero-order valence-corrected chi connectivity index (χ0v) is 37.6. The highest BCUT2D eigenvalue weighted by atomic mass is 19.4. The molecule has 0 atom stereocenters. The number of amides is 2. The quantitative estimate of drug-likeness (QED) is 0.165. The number of likely N-dealkylation sites (N-methyl/N-ethyl adjacent to an activating group) is 2. The number of piperidine rings is 2. The summed E-state index contributed by atoms with van der Waals surface area (Å²) < 4.78 is 90.8. The van der Waals surface area contributed by atoms with Gasteiger partial charge in [-0.2, -0.15) is 36.0 Å². The van der Waals surface area contributed by atoms with Gasteiger partial charge in [0.15, 0.2) is 5.65 Å². The molecule has 4 aromatic heterocycles. The number of hydrogen-bond donors (Lipinski definition) is 0. The molecule has 2 fully saturated rings. The van der Waals surface area contributed by atoms with Crippen molar-refractivity contribution >= 4 is 23.3 Å². The number of ether oxygens (including phenoxy) is 1. The first-order chi connectivity index (χ1) is 30.9. The van der Waals surface area contributed by atoms with Crippen molar-refractivity contribution in [1.82, 2.24) is 43.3 Å². The molecule has 350 valence electrons. The van der Waals surface area contributed by atoms with Gasteiger partial charge in [-0.25, -0.2) is 4.98 Å². The third-order valence-corrected chi connectivity index (χ3v) is 14.4. The molecule has 1 aromatic carbocycles. The average Bonchev–Trinajstić information content (AvgIpc) is 4.07. The van der Waals surface area contributed by atoms with E-state index < -0.39 is 34.8 Å². The topological polar surface area (TPSA) is 99.6 Å². The fourth-order valence-corrected chi connectivity index (χ4v) is 10.5. The highest BCUT2D eigenvalue weighted by Gasteiger charge is 2.49. The number of carbonyl (C=O) groups is 2.